The number of hydrogen-bond donors (Lipinski definition) is 2. The van der Waals surface area contributed by atoms with Crippen LogP contribution in [0.2, 0.25) is 0 Å². The number of aromatic nitrogens is 3. The van der Waals surface area contributed by atoms with E-state index in [9.17, 15) is 4.79 Å². The molecule has 1 heterocycles. The van der Waals surface area contributed by atoms with Crippen molar-refractivity contribution < 1.29 is 9.53 Å². The molecule has 0 unspecified atom stereocenters. The fourth-order valence-electron chi connectivity index (χ4n) is 1.63. The van der Waals surface area contributed by atoms with Crippen molar-refractivity contribution >= 4 is 5.91 Å². The first-order valence-corrected chi connectivity index (χ1v) is 5.07. The Kier molecular flexibility index (Phi) is 2.96. The normalized spacial score (nSPS) is 24.6. The molecule has 1 aliphatic carbocycles. The van der Waals surface area contributed by atoms with E-state index in [0.29, 0.717) is 11.8 Å². The Labute approximate surface area is 87.4 Å². The Balaban J connectivity index is 1.74. The molecule has 82 valence electrons. The minimum absolute atomic E-state index is 0.177. The van der Waals surface area contributed by atoms with Crippen molar-refractivity contribution in [2.24, 2.45) is 0 Å². The zero-order valence-corrected chi connectivity index (χ0v) is 8.56. The Hall–Kier alpha value is -1.43. The lowest BCUT2D eigenvalue weighted by atomic mass is 9.89. The van der Waals surface area contributed by atoms with Gasteiger partial charge < -0.3 is 10.1 Å². The highest BCUT2D eigenvalue weighted by Crippen LogP contribution is 2.23. The van der Waals surface area contributed by atoms with Gasteiger partial charge in [-0.1, -0.05) is 0 Å². The van der Waals surface area contributed by atoms with Crippen LogP contribution in [0.15, 0.2) is 6.20 Å². The molecule has 2 N–H and O–H groups in total. The van der Waals surface area contributed by atoms with Crippen LogP contribution in [0.5, 0.6) is 0 Å². The van der Waals surface area contributed by atoms with E-state index in [1.807, 2.05) is 6.92 Å². The van der Waals surface area contributed by atoms with Gasteiger partial charge in [0.2, 0.25) is 0 Å². The molecule has 2 rings (SSSR count). The Morgan fingerprint density at radius 3 is 3.13 bits per heavy atom. The second-order valence-corrected chi connectivity index (χ2v) is 3.57. The van der Waals surface area contributed by atoms with Crippen molar-refractivity contribution in [2.45, 2.75) is 31.9 Å². The molecule has 1 fully saturated rings. The molecule has 6 heteroatoms. The van der Waals surface area contributed by atoms with E-state index in [4.69, 9.17) is 4.74 Å². The third-order valence-corrected chi connectivity index (χ3v) is 2.48. The number of aromatic amines is 1. The lowest BCUT2D eigenvalue weighted by molar-refractivity contribution is -0.00866. The molecule has 6 nitrogen and oxygen atoms in total. The molecular formula is C9H14N4O2. The lowest BCUT2D eigenvalue weighted by Gasteiger charge is -2.35. The van der Waals surface area contributed by atoms with E-state index in [1.54, 1.807) is 0 Å². The van der Waals surface area contributed by atoms with Crippen LogP contribution in [0.3, 0.4) is 0 Å². The zero-order chi connectivity index (χ0) is 10.7. The van der Waals surface area contributed by atoms with Gasteiger partial charge in [-0.25, -0.2) is 0 Å². The molecule has 15 heavy (non-hydrogen) atoms. The quantitative estimate of drug-likeness (QED) is 0.738. The van der Waals surface area contributed by atoms with E-state index in [-0.39, 0.29) is 11.9 Å². The molecule has 0 saturated heterocycles. The highest BCUT2D eigenvalue weighted by Gasteiger charge is 2.31. The van der Waals surface area contributed by atoms with Crippen LogP contribution in [0.25, 0.3) is 0 Å². The van der Waals surface area contributed by atoms with Crippen molar-refractivity contribution in [3.63, 3.8) is 0 Å². The summed E-state index contributed by atoms with van der Waals surface area (Å²) in [5, 5.41) is 12.5. The van der Waals surface area contributed by atoms with Gasteiger partial charge in [0.25, 0.3) is 5.91 Å². The fraction of sp³-hybridized carbons (Fsp3) is 0.667. The molecule has 0 bridgehead atoms. The third kappa shape index (κ3) is 2.33. The third-order valence-electron chi connectivity index (χ3n) is 2.48. The summed E-state index contributed by atoms with van der Waals surface area (Å²) in [4.78, 5) is 11.5. The summed E-state index contributed by atoms with van der Waals surface area (Å²) in [6, 6.07) is 0.214. The first-order valence-electron chi connectivity index (χ1n) is 5.07. The molecule has 0 aliphatic heterocycles. The van der Waals surface area contributed by atoms with E-state index >= 15 is 0 Å². The van der Waals surface area contributed by atoms with Crippen molar-refractivity contribution in [1.29, 1.82) is 0 Å². The van der Waals surface area contributed by atoms with Crippen molar-refractivity contribution in [3.05, 3.63) is 11.9 Å². The highest BCUT2D eigenvalue weighted by molar-refractivity contribution is 5.92. The Morgan fingerprint density at radius 2 is 2.53 bits per heavy atom. The average molecular weight is 210 g/mol. The fourth-order valence-corrected chi connectivity index (χ4v) is 1.63. The SMILES string of the molecule is CCOC1CC(NC(=O)c2cn[nH]n2)C1. The summed E-state index contributed by atoms with van der Waals surface area (Å²) < 4.78 is 5.39. The number of H-pyrrole nitrogens is 1. The van der Waals surface area contributed by atoms with Gasteiger partial charge in [0.05, 0.1) is 12.3 Å². The maximum Gasteiger partial charge on any atom is 0.273 e. The number of amides is 1. The predicted molar refractivity (Wildman–Crippen MR) is 52.3 cm³/mol. The van der Waals surface area contributed by atoms with Crippen LogP contribution in [0, 0.1) is 0 Å². The molecule has 1 aliphatic rings. The summed E-state index contributed by atoms with van der Waals surface area (Å²) in [5.41, 5.74) is 0.329. The second kappa shape index (κ2) is 4.39. The molecular weight excluding hydrogens is 196 g/mol. The summed E-state index contributed by atoms with van der Waals surface area (Å²) in [6.45, 7) is 2.70. The number of ether oxygens (including phenoxy) is 1. The van der Waals surface area contributed by atoms with Crippen molar-refractivity contribution in [2.75, 3.05) is 6.61 Å². The minimum atomic E-state index is -0.177. The first kappa shape index (κ1) is 10.1. The monoisotopic (exact) mass is 210 g/mol. The van der Waals surface area contributed by atoms with Crippen LogP contribution < -0.4 is 5.32 Å². The van der Waals surface area contributed by atoms with Crippen LogP contribution in [-0.4, -0.2) is 40.1 Å². The van der Waals surface area contributed by atoms with Crippen molar-refractivity contribution in [1.82, 2.24) is 20.7 Å². The number of carbonyl (C=O) groups is 1. The van der Waals surface area contributed by atoms with Crippen LogP contribution in [0.1, 0.15) is 30.3 Å². The number of hydrogen-bond acceptors (Lipinski definition) is 4. The Morgan fingerprint density at radius 1 is 1.73 bits per heavy atom. The largest absolute Gasteiger partial charge is 0.378 e. The smallest absolute Gasteiger partial charge is 0.273 e. The molecule has 0 aromatic carbocycles. The lowest BCUT2D eigenvalue weighted by Crippen LogP contribution is -2.47. The van der Waals surface area contributed by atoms with Crippen LogP contribution in [-0.2, 0) is 4.74 Å². The predicted octanol–water partition coefficient (Wildman–Crippen LogP) is 0.102. The van der Waals surface area contributed by atoms with Gasteiger partial charge in [-0.2, -0.15) is 15.4 Å². The number of carbonyl (C=O) groups excluding carboxylic acids is 1. The number of nitrogens with one attached hydrogen (secondary N) is 2. The molecule has 1 aromatic heterocycles. The van der Waals surface area contributed by atoms with Crippen LogP contribution >= 0.6 is 0 Å². The van der Waals surface area contributed by atoms with E-state index in [0.717, 1.165) is 19.4 Å². The van der Waals surface area contributed by atoms with Crippen molar-refractivity contribution in [3.8, 4) is 0 Å². The molecule has 1 aromatic rings. The van der Waals surface area contributed by atoms with Gasteiger partial charge >= 0.3 is 0 Å². The zero-order valence-electron chi connectivity index (χ0n) is 8.56. The highest BCUT2D eigenvalue weighted by atomic mass is 16.5. The van der Waals surface area contributed by atoms with Crippen LogP contribution in [0.4, 0.5) is 0 Å². The second-order valence-electron chi connectivity index (χ2n) is 3.57. The molecule has 0 radical (unpaired) electrons. The summed E-state index contributed by atoms with van der Waals surface area (Å²) in [5.74, 6) is -0.177. The summed E-state index contributed by atoms with van der Waals surface area (Å²) >= 11 is 0. The minimum Gasteiger partial charge on any atom is -0.378 e. The van der Waals surface area contributed by atoms with Gasteiger partial charge in [-0.3, -0.25) is 4.79 Å². The van der Waals surface area contributed by atoms with Gasteiger partial charge in [0, 0.05) is 12.6 Å². The number of rotatable bonds is 4. The maximum absolute atomic E-state index is 11.5. The Bertz CT molecular complexity index is 319. The van der Waals surface area contributed by atoms with E-state index < -0.39 is 0 Å². The van der Waals surface area contributed by atoms with Gasteiger partial charge in [-0.15, -0.1) is 0 Å². The topological polar surface area (TPSA) is 79.9 Å². The molecule has 0 atom stereocenters. The first-order chi connectivity index (χ1) is 7.29. The number of nitrogens with zero attached hydrogens (tertiary/aromatic N) is 2. The summed E-state index contributed by atoms with van der Waals surface area (Å²) in [6.07, 6.45) is 3.49. The molecule has 1 amide bonds. The van der Waals surface area contributed by atoms with Gasteiger partial charge in [-0.05, 0) is 19.8 Å². The molecule has 1 saturated carbocycles. The molecule has 0 spiro atoms. The average Bonchev–Trinajstić information content (AvgIpc) is 2.67. The van der Waals surface area contributed by atoms with Gasteiger partial charge in [0.1, 0.15) is 0 Å². The van der Waals surface area contributed by atoms with E-state index in [2.05, 4.69) is 20.7 Å². The maximum atomic E-state index is 11.5. The summed E-state index contributed by atoms with van der Waals surface area (Å²) in [7, 11) is 0. The van der Waals surface area contributed by atoms with E-state index in [1.165, 1.54) is 6.20 Å². The van der Waals surface area contributed by atoms with Gasteiger partial charge in [0.15, 0.2) is 5.69 Å². The standard InChI is InChI=1S/C9H14N4O2/c1-2-15-7-3-6(4-7)11-9(14)8-5-10-13-12-8/h5-7H,2-4H2,1H3,(H,11,14)(H,10,12,13).